The van der Waals surface area contributed by atoms with Crippen LogP contribution in [0.1, 0.15) is 37.8 Å². The molecule has 7 nitrogen and oxygen atoms in total. The van der Waals surface area contributed by atoms with E-state index in [1.165, 1.54) is 4.31 Å². The minimum atomic E-state index is -3.51. The molecule has 0 aliphatic rings. The van der Waals surface area contributed by atoms with Crippen LogP contribution in [-0.4, -0.2) is 50.5 Å². The first-order chi connectivity index (χ1) is 15.5. The van der Waals surface area contributed by atoms with Crippen LogP contribution in [0, 0.1) is 6.92 Å². The Morgan fingerprint density at radius 2 is 1.82 bits per heavy atom. The number of carbonyl (C=O) groups is 2. The third-order valence-corrected chi connectivity index (χ3v) is 6.97. The van der Waals surface area contributed by atoms with Gasteiger partial charge in [-0.2, -0.15) is 0 Å². The van der Waals surface area contributed by atoms with Gasteiger partial charge < -0.3 is 10.2 Å². The largest absolute Gasteiger partial charge is 0.355 e. The number of carbonyl (C=O) groups excluding carboxylic acids is 2. The van der Waals surface area contributed by atoms with Gasteiger partial charge in [0.2, 0.25) is 21.8 Å². The predicted molar refractivity (Wildman–Crippen MR) is 135 cm³/mol. The van der Waals surface area contributed by atoms with E-state index in [4.69, 9.17) is 0 Å². The van der Waals surface area contributed by atoms with Gasteiger partial charge in [0.05, 0.1) is 11.9 Å². The maximum absolute atomic E-state index is 13.2. The van der Waals surface area contributed by atoms with Gasteiger partial charge in [0, 0.05) is 30.5 Å². The number of anilines is 1. The molecule has 0 saturated heterocycles. The lowest BCUT2D eigenvalue weighted by atomic mass is 10.1. The first-order valence-electron chi connectivity index (χ1n) is 10.9. The zero-order valence-electron chi connectivity index (χ0n) is 19.5. The molecule has 2 amide bonds. The third kappa shape index (κ3) is 7.85. The Hall–Kier alpha value is -2.39. The molecule has 33 heavy (non-hydrogen) atoms. The zero-order valence-corrected chi connectivity index (χ0v) is 21.9. The highest BCUT2D eigenvalue weighted by molar-refractivity contribution is 9.10. The molecule has 0 bridgehead atoms. The Labute approximate surface area is 205 Å². The molecular weight excluding hydrogens is 506 g/mol. The maximum atomic E-state index is 13.2. The molecule has 0 aliphatic heterocycles. The Morgan fingerprint density at radius 1 is 1.12 bits per heavy atom. The lowest BCUT2D eigenvalue weighted by Crippen LogP contribution is -2.47. The van der Waals surface area contributed by atoms with Gasteiger partial charge in [-0.15, -0.1) is 0 Å². The molecule has 0 heterocycles. The van der Waals surface area contributed by atoms with Crippen LogP contribution in [0.3, 0.4) is 0 Å². The normalized spacial score (nSPS) is 12.2. The van der Waals surface area contributed by atoms with Crippen LogP contribution in [0.2, 0.25) is 0 Å². The molecule has 0 unspecified atom stereocenters. The number of nitrogens with zero attached hydrogens (tertiary/aromatic N) is 2. The van der Waals surface area contributed by atoms with Crippen molar-refractivity contribution in [1.82, 2.24) is 10.2 Å². The second kappa shape index (κ2) is 12.2. The summed E-state index contributed by atoms with van der Waals surface area (Å²) < 4.78 is 27.0. The molecule has 1 N–H and O–H groups in total. The summed E-state index contributed by atoms with van der Waals surface area (Å²) in [7, 11) is -3.51. The maximum Gasteiger partial charge on any atom is 0.242 e. The minimum absolute atomic E-state index is 0.121. The van der Waals surface area contributed by atoms with Crippen LogP contribution in [0.25, 0.3) is 0 Å². The van der Waals surface area contributed by atoms with Crippen molar-refractivity contribution in [1.29, 1.82) is 0 Å². The number of halogens is 1. The predicted octanol–water partition coefficient (Wildman–Crippen LogP) is 3.86. The summed E-state index contributed by atoms with van der Waals surface area (Å²) in [5.74, 6) is -0.425. The molecule has 1 atom stereocenters. The number of para-hydroxylation sites is 1. The number of benzene rings is 2. The molecule has 2 rings (SSSR count). The van der Waals surface area contributed by atoms with Crippen LogP contribution in [0.15, 0.2) is 53.0 Å². The smallest absolute Gasteiger partial charge is 0.242 e. The molecule has 2 aromatic rings. The quantitative estimate of drug-likeness (QED) is 0.471. The third-order valence-electron chi connectivity index (χ3n) is 5.30. The van der Waals surface area contributed by atoms with Gasteiger partial charge in [0.25, 0.3) is 0 Å². The van der Waals surface area contributed by atoms with Crippen molar-refractivity contribution in [3.63, 3.8) is 0 Å². The molecule has 0 aliphatic carbocycles. The van der Waals surface area contributed by atoms with E-state index in [1.807, 2.05) is 50.2 Å². The van der Waals surface area contributed by atoms with Gasteiger partial charge in [-0.05, 0) is 56.5 Å². The summed E-state index contributed by atoms with van der Waals surface area (Å²) in [5, 5.41) is 2.77. The lowest BCUT2D eigenvalue weighted by molar-refractivity contribution is -0.140. The number of aryl methyl sites for hydroxylation is 1. The zero-order chi connectivity index (χ0) is 24.6. The van der Waals surface area contributed by atoms with Crippen LogP contribution >= 0.6 is 15.9 Å². The molecule has 9 heteroatoms. The van der Waals surface area contributed by atoms with E-state index in [2.05, 4.69) is 21.2 Å². The molecule has 180 valence electrons. The van der Waals surface area contributed by atoms with Crippen molar-refractivity contribution in [2.45, 2.75) is 46.2 Å². The Bertz CT molecular complexity index is 1070. The Kier molecular flexibility index (Phi) is 9.91. The molecular formula is C24H32BrN3O4S. The fraction of sp³-hybridized carbons (Fsp3) is 0.417. The van der Waals surface area contributed by atoms with Crippen molar-refractivity contribution < 1.29 is 18.0 Å². The van der Waals surface area contributed by atoms with E-state index in [-0.39, 0.29) is 31.3 Å². The second-order valence-electron chi connectivity index (χ2n) is 7.95. The number of nitrogens with one attached hydrogen (secondary N) is 1. The van der Waals surface area contributed by atoms with E-state index in [9.17, 15) is 18.0 Å². The van der Waals surface area contributed by atoms with Crippen molar-refractivity contribution >= 4 is 43.5 Å². The first kappa shape index (κ1) is 26.9. The summed E-state index contributed by atoms with van der Waals surface area (Å²) >= 11 is 3.44. The molecule has 0 aromatic heterocycles. The van der Waals surface area contributed by atoms with E-state index in [0.717, 1.165) is 21.9 Å². The van der Waals surface area contributed by atoms with Gasteiger partial charge in [0.15, 0.2) is 0 Å². The molecule has 0 spiro atoms. The number of hydrogen-bond acceptors (Lipinski definition) is 4. The van der Waals surface area contributed by atoms with Crippen LogP contribution in [0.4, 0.5) is 5.69 Å². The van der Waals surface area contributed by atoms with Gasteiger partial charge in [-0.3, -0.25) is 13.9 Å². The molecule has 2 aromatic carbocycles. The SMILES string of the molecule is CCNC(=O)[C@@H](C)N(Cc1cccc(Br)c1)C(=O)CCCN(c1ccccc1C)S(C)(=O)=O. The van der Waals surface area contributed by atoms with Gasteiger partial charge in [0.1, 0.15) is 6.04 Å². The average Bonchev–Trinajstić information content (AvgIpc) is 2.74. The summed E-state index contributed by atoms with van der Waals surface area (Å²) in [6.07, 6.45) is 1.62. The molecule has 0 saturated carbocycles. The standard InChI is InChI=1S/C24H32BrN3O4S/c1-5-26-24(30)19(3)27(17-20-11-8-12-21(25)16-20)23(29)14-9-15-28(33(4,31)32)22-13-7-6-10-18(22)2/h6-8,10-13,16,19H,5,9,14-15,17H2,1-4H3,(H,26,30)/t19-/m1/s1. The van der Waals surface area contributed by atoms with Crippen LogP contribution in [0.5, 0.6) is 0 Å². The highest BCUT2D eigenvalue weighted by Gasteiger charge is 2.26. The summed E-state index contributed by atoms with van der Waals surface area (Å²) in [6.45, 7) is 6.32. The molecule has 0 fully saturated rings. The van der Waals surface area contributed by atoms with Crippen molar-refractivity contribution in [2.24, 2.45) is 0 Å². The number of amides is 2. The fourth-order valence-corrected chi connectivity index (χ4v) is 5.03. The summed E-state index contributed by atoms with van der Waals surface area (Å²) in [6, 6.07) is 14.2. The number of rotatable bonds is 11. The monoisotopic (exact) mass is 537 g/mol. The first-order valence-corrected chi connectivity index (χ1v) is 13.5. The Morgan fingerprint density at radius 3 is 2.42 bits per heavy atom. The number of hydrogen-bond donors (Lipinski definition) is 1. The van der Waals surface area contributed by atoms with Gasteiger partial charge >= 0.3 is 0 Å². The number of sulfonamides is 1. The Balaban J connectivity index is 2.16. The van der Waals surface area contributed by atoms with E-state index >= 15 is 0 Å². The minimum Gasteiger partial charge on any atom is -0.355 e. The lowest BCUT2D eigenvalue weighted by Gasteiger charge is -2.29. The highest BCUT2D eigenvalue weighted by Crippen LogP contribution is 2.23. The van der Waals surface area contributed by atoms with E-state index in [1.54, 1.807) is 24.0 Å². The van der Waals surface area contributed by atoms with Crippen LogP contribution < -0.4 is 9.62 Å². The van der Waals surface area contributed by atoms with Crippen molar-refractivity contribution in [3.05, 3.63) is 64.1 Å². The summed E-state index contributed by atoms with van der Waals surface area (Å²) in [4.78, 5) is 27.2. The van der Waals surface area contributed by atoms with Gasteiger partial charge in [-0.1, -0.05) is 46.3 Å². The number of likely N-dealkylation sites (N-methyl/N-ethyl adjacent to an activating group) is 1. The van der Waals surface area contributed by atoms with E-state index < -0.39 is 16.1 Å². The van der Waals surface area contributed by atoms with E-state index in [0.29, 0.717) is 18.7 Å². The average molecular weight is 539 g/mol. The van der Waals surface area contributed by atoms with Crippen molar-refractivity contribution in [3.8, 4) is 0 Å². The molecule has 0 radical (unpaired) electrons. The second-order valence-corrected chi connectivity index (χ2v) is 10.8. The van der Waals surface area contributed by atoms with Gasteiger partial charge in [-0.25, -0.2) is 8.42 Å². The highest BCUT2D eigenvalue weighted by atomic mass is 79.9. The summed E-state index contributed by atoms with van der Waals surface area (Å²) in [5.41, 5.74) is 2.34. The topological polar surface area (TPSA) is 86.8 Å². The van der Waals surface area contributed by atoms with Crippen LogP contribution in [-0.2, 0) is 26.2 Å². The van der Waals surface area contributed by atoms with Crippen molar-refractivity contribution in [2.75, 3.05) is 23.7 Å². The fourth-order valence-electron chi connectivity index (χ4n) is 3.56.